The Morgan fingerprint density at radius 3 is 2.94 bits per heavy atom. The summed E-state index contributed by atoms with van der Waals surface area (Å²) in [6.45, 7) is 2.03. The van der Waals surface area contributed by atoms with Gasteiger partial charge in [0.1, 0.15) is 5.82 Å². The number of hydrogen-bond donors (Lipinski definition) is 2. The molecule has 2 rings (SSSR count). The molecule has 0 spiro atoms. The normalized spacial score (nSPS) is 10.9. The SMILES string of the molecule is CNCC(=O)c1c(C)[nH]c2c(F)cccc12. The average Bonchev–Trinajstić information content (AvgIpc) is 2.56. The van der Waals surface area contributed by atoms with Gasteiger partial charge in [-0.15, -0.1) is 0 Å². The van der Waals surface area contributed by atoms with Crippen molar-refractivity contribution in [3.05, 3.63) is 35.3 Å². The van der Waals surface area contributed by atoms with Crippen LogP contribution in [0.5, 0.6) is 0 Å². The highest BCUT2D eigenvalue weighted by atomic mass is 19.1. The van der Waals surface area contributed by atoms with Crippen molar-refractivity contribution in [2.24, 2.45) is 0 Å². The summed E-state index contributed by atoms with van der Waals surface area (Å²) in [4.78, 5) is 14.8. The maximum absolute atomic E-state index is 13.5. The largest absolute Gasteiger partial charge is 0.356 e. The number of aryl methyl sites for hydroxylation is 1. The number of hydrogen-bond acceptors (Lipinski definition) is 2. The van der Waals surface area contributed by atoms with Gasteiger partial charge in [-0.25, -0.2) is 4.39 Å². The summed E-state index contributed by atoms with van der Waals surface area (Å²) >= 11 is 0. The molecule has 1 aromatic heterocycles. The third-order valence-corrected chi connectivity index (χ3v) is 2.59. The molecule has 2 N–H and O–H groups in total. The minimum atomic E-state index is -0.330. The number of rotatable bonds is 3. The van der Waals surface area contributed by atoms with Crippen LogP contribution in [0.3, 0.4) is 0 Å². The maximum atomic E-state index is 13.5. The summed E-state index contributed by atoms with van der Waals surface area (Å²) < 4.78 is 13.5. The molecule has 0 amide bonds. The second-order valence-corrected chi connectivity index (χ2v) is 3.74. The standard InChI is InChI=1S/C12H13FN2O/c1-7-11(10(16)6-14-2)8-4-3-5-9(13)12(8)15-7/h3-5,14-15H,6H2,1-2H3. The second-order valence-electron chi connectivity index (χ2n) is 3.74. The number of benzene rings is 1. The molecule has 3 nitrogen and oxygen atoms in total. The molecule has 1 heterocycles. The topological polar surface area (TPSA) is 44.9 Å². The number of aromatic nitrogens is 1. The van der Waals surface area contributed by atoms with Crippen LogP contribution in [0, 0.1) is 12.7 Å². The summed E-state index contributed by atoms with van der Waals surface area (Å²) in [6, 6.07) is 4.75. The molecule has 0 saturated heterocycles. The first-order chi connectivity index (χ1) is 7.65. The molecule has 84 valence electrons. The monoisotopic (exact) mass is 220 g/mol. The van der Waals surface area contributed by atoms with Gasteiger partial charge in [0.2, 0.25) is 0 Å². The Morgan fingerprint density at radius 1 is 1.50 bits per heavy atom. The highest BCUT2D eigenvalue weighted by molar-refractivity contribution is 6.10. The first-order valence-electron chi connectivity index (χ1n) is 5.09. The summed E-state index contributed by atoms with van der Waals surface area (Å²) in [5.41, 5.74) is 1.68. The van der Waals surface area contributed by atoms with Crippen LogP contribution in [-0.2, 0) is 0 Å². The summed E-state index contributed by atoms with van der Waals surface area (Å²) in [7, 11) is 1.71. The summed E-state index contributed by atoms with van der Waals surface area (Å²) in [5, 5.41) is 3.46. The van der Waals surface area contributed by atoms with E-state index in [0.29, 0.717) is 22.2 Å². The van der Waals surface area contributed by atoms with Crippen LogP contribution in [0.4, 0.5) is 4.39 Å². The summed E-state index contributed by atoms with van der Waals surface area (Å²) in [6.07, 6.45) is 0. The molecular formula is C12H13FN2O. The van der Waals surface area contributed by atoms with Crippen LogP contribution in [0.2, 0.25) is 0 Å². The predicted molar refractivity (Wildman–Crippen MR) is 61.3 cm³/mol. The first kappa shape index (κ1) is 10.8. The van der Waals surface area contributed by atoms with E-state index in [2.05, 4.69) is 10.3 Å². The van der Waals surface area contributed by atoms with E-state index in [0.717, 1.165) is 0 Å². The third-order valence-electron chi connectivity index (χ3n) is 2.59. The molecule has 0 aliphatic carbocycles. The average molecular weight is 220 g/mol. The van der Waals surface area contributed by atoms with Crippen LogP contribution >= 0.6 is 0 Å². The van der Waals surface area contributed by atoms with Crippen LogP contribution < -0.4 is 5.32 Å². The van der Waals surface area contributed by atoms with E-state index in [-0.39, 0.29) is 18.1 Å². The Balaban J connectivity index is 2.65. The van der Waals surface area contributed by atoms with E-state index >= 15 is 0 Å². The molecule has 0 atom stereocenters. The zero-order valence-corrected chi connectivity index (χ0v) is 9.23. The number of ketones is 1. The zero-order valence-electron chi connectivity index (χ0n) is 9.23. The number of likely N-dealkylation sites (N-methyl/N-ethyl adjacent to an activating group) is 1. The van der Waals surface area contributed by atoms with E-state index in [4.69, 9.17) is 0 Å². The van der Waals surface area contributed by atoms with E-state index in [1.54, 1.807) is 26.1 Å². The van der Waals surface area contributed by atoms with Gasteiger partial charge in [0.15, 0.2) is 5.78 Å². The van der Waals surface area contributed by atoms with Crippen LogP contribution in [0.1, 0.15) is 16.1 Å². The molecule has 2 aromatic rings. The first-order valence-corrected chi connectivity index (χ1v) is 5.09. The highest BCUT2D eigenvalue weighted by Gasteiger charge is 2.16. The lowest BCUT2D eigenvalue weighted by Crippen LogP contribution is -2.18. The van der Waals surface area contributed by atoms with Gasteiger partial charge in [-0.3, -0.25) is 4.79 Å². The molecule has 0 aliphatic rings. The molecule has 1 aromatic carbocycles. The van der Waals surface area contributed by atoms with E-state index in [9.17, 15) is 9.18 Å². The third kappa shape index (κ3) is 1.61. The lowest BCUT2D eigenvalue weighted by atomic mass is 10.1. The van der Waals surface area contributed by atoms with Crippen molar-refractivity contribution < 1.29 is 9.18 Å². The Morgan fingerprint density at radius 2 is 2.25 bits per heavy atom. The lowest BCUT2D eigenvalue weighted by molar-refractivity contribution is 0.0994. The van der Waals surface area contributed by atoms with Crippen molar-refractivity contribution >= 4 is 16.7 Å². The molecular weight excluding hydrogens is 207 g/mol. The number of nitrogens with one attached hydrogen (secondary N) is 2. The number of aromatic amines is 1. The van der Waals surface area contributed by atoms with Crippen LogP contribution in [0.15, 0.2) is 18.2 Å². The molecule has 16 heavy (non-hydrogen) atoms. The lowest BCUT2D eigenvalue weighted by Gasteiger charge is -1.99. The predicted octanol–water partition coefficient (Wildman–Crippen LogP) is 2.02. The number of carbonyl (C=O) groups excluding carboxylic acids is 1. The number of para-hydroxylation sites is 1. The van der Waals surface area contributed by atoms with Crippen molar-refractivity contribution in [3.63, 3.8) is 0 Å². The van der Waals surface area contributed by atoms with Crippen molar-refractivity contribution in [2.75, 3.05) is 13.6 Å². The zero-order chi connectivity index (χ0) is 11.7. The van der Waals surface area contributed by atoms with E-state index in [1.807, 2.05) is 0 Å². The van der Waals surface area contributed by atoms with Crippen molar-refractivity contribution in [1.82, 2.24) is 10.3 Å². The van der Waals surface area contributed by atoms with Gasteiger partial charge in [0.25, 0.3) is 0 Å². The van der Waals surface area contributed by atoms with Crippen LogP contribution in [-0.4, -0.2) is 24.4 Å². The van der Waals surface area contributed by atoms with Gasteiger partial charge in [0, 0.05) is 16.6 Å². The van der Waals surface area contributed by atoms with E-state index in [1.165, 1.54) is 6.07 Å². The second kappa shape index (κ2) is 4.06. The fourth-order valence-corrected chi connectivity index (χ4v) is 1.92. The van der Waals surface area contributed by atoms with Gasteiger partial charge in [-0.1, -0.05) is 12.1 Å². The molecule has 0 fully saturated rings. The number of carbonyl (C=O) groups is 1. The van der Waals surface area contributed by atoms with Gasteiger partial charge in [0.05, 0.1) is 12.1 Å². The van der Waals surface area contributed by atoms with Gasteiger partial charge < -0.3 is 10.3 Å². The number of Topliss-reactive ketones (excluding diaryl/α,β-unsaturated/α-hetero) is 1. The Kier molecular flexibility index (Phi) is 2.75. The minimum Gasteiger partial charge on any atom is -0.356 e. The van der Waals surface area contributed by atoms with Crippen molar-refractivity contribution in [2.45, 2.75) is 6.92 Å². The van der Waals surface area contributed by atoms with Gasteiger partial charge in [-0.2, -0.15) is 0 Å². The number of fused-ring (bicyclic) bond motifs is 1. The highest BCUT2D eigenvalue weighted by Crippen LogP contribution is 2.24. The minimum absolute atomic E-state index is 0.0307. The van der Waals surface area contributed by atoms with Gasteiger partial charge in [-0.05, 0) is 20.0 Å². The number of H-pyrrole nitrogens is 1. The molecule has 0 bridgehead atoms. The van der Waals surface area contributed by atoms with Crippen molar-refractivity contribution in [1.29, 1.82) is 0 Å². The molecule has 0 unspecified atom stereocenters. The molecule has 4 heteroatoms. The fourth-order valence-electron chi connectivity index (χ4n) is 1.92. The van der Waals surface area contributed by atoms with Gasteiger partial charge >= 0.3 is 0 Å². The molecule has 0 radical (unpaired) electrons. The van der Waals surface area contributed by atoms with Crippen molar-refractivity contribution in [3.8, 4) is 0 Å². The van der Waals surface area contributed by atoms with E-state index < -0.39 is 0 Å². The Hall–Kier alpha value is -1.68. The number of halogens is 1. The fraction of sp³-hybridized carbons (Fsp3) is 0.250. The smallest absolute Gasteiger partial charge is 0.179 e. The van der Waals surface area contributed by atoms with Crippen LogP contribution in [0.25, 0.3) is 10.9 Å². The summed E-state index contributed by atoms with van der Waals surface area (Å²) in [5.74, 6) is -0.360. The Labute approximate surface area is 92.7 Å². The molecule has 0 aliphatic heterocycles. The maximum Gasteiger partial charge on any atom is 0.179 e. The molecule has 0 saturated carbocycles. The Bertz CT molecular complexity index is 545. The quantitative estimate of drug-likeness (QED) is 0.777.